The van der Waals surface area contributed by atoms with Gasteiger partial charge in [-0.05, 0) is 36.7 Å². The third-order valence-electron chi connectivity index (χ3n) is 6.24. The van der Waals surface area contributed by atoms with E-state index in [2.05, 4.69) is 13.0 Å². The first-order valence-corrected chi connectivity index (χ1v) is 10.5. The fraction of sp³-hybridized carbons (Fsp3) is 0.773. The molecule has 4 N–H and O–H groups in total. The minimum Gasteiger partial charge on any atom is -0.461 e. The molecule has 0 spiro atoms. The average Bonchev–Trinajstić information content (AvgIpc) is 2.66. The highest BCUT2D eigenvalue weighted by Gasteiger charge is 2.42. The second-order valence-electron chi connectivity index (χ2n) is 8.47. The zero-order valence-corrected chi connectivity index (χ0v) is 17.2. The van der Waals surface area contributed by atoms with Crippen LogP contribution in [0.5, 0.6) is 0 Å². The van der Waals surface area contributed by atoms with E-state index in [4.69, 9.17) is 9.84 Å². The van der Waals surface area contributed by atoms with Crippen molar-refractivity contribution in [2.75, 3.05) is 6.61 Å². The molecule has 0 heterocycles. The van der Waals surface area contributed by atoms with E-state index in [0.29, 0.717) is 25.7 Å². The quantitative estimate of drug-likeness (QED) is 0.444. The molecule has 2 aliphatic rings. The van der Waals surface area contributed by atoms with E-state index in [1.54, 1.807) is 0 Å². The number of ether oxygens (including phenoxy) is 1. The molecule has 6 nitrogen and oxygen atoms in total. The number of hydrogen-bond acceptors (Lipinski definition) is 6. The second kappa shape index (κ2) is 10.5. The summed E-state index contributed by atoms with van der Waals surface area (Å²) >= 11 is 0. The van der Waals surface area contributed by atoms with E-state index >= 15 is 0 Å². The minimum atomic E-state index is -0.914. The van der Waals surface area contributed by atoms with Crippen LogP contribution >= 0.6 is 0 Å². The topological polar surface area (TPSA) is 107 Å². The molecule has 2 aliphatic carbocycles. The fourth-order valence-electron chi connectivity index (χ4n) is 4.31. The number of rotatable bonds is 9. The number of aliphatic hydroxyl groups is 4. The van der Waals surface area contributed by atoms with Gasteiger partial charge in [-0.1, -0.05) is 39.0 Å². The van der Waals surface area contributed by atoms with Gasteiger partial charge in [0.1, 0.15) is 6.10 Å². The molecule has 0 fully saturated rings. The second-order valence-corrected chi connectivity index (χ2v) is 8.47. The van der Waals surface area contributed by atoms with E-state index in [1.807, 2.05) is 26.0 Å². The van der Waals surface area contributed by atoms with Crippen LogP contribution in [0.3, 0.4) is 0 Å². The molecule has 8 atom stereocenters. The Hall–Kier alpha value is -1.21. The number of aliphatic hydroxyl groups excluding tert-OH is 4. The summed E-state index contributed by atoms with van der Waals surface area (Å²) in [6.45, 7) is 5.55. The fourth-order valence-corrected chi connectivity index (χ4v) is 4.31. The molecule has 2 rings (SSSR count). The van der Waals surface area contributed by atoms with Gasteiger partial charge in [0, 0.05) is 18.8 Å². The Kier molecular flexibility index (Phi) is 8.68. The van der Waals surface area contributed by atoms with E-state index in [1.165, 1.54) is 0 Å². The van der Waals surface area contributed by atoms with E-state index in [0.717, 1.165) is 5.57 Å². The molecular weight excluding hydrogens is 360 g/mol. The number of fused-ring (bicyclic) bond motifs is 1. The minimum absolute atomic E-state index is 0.00799. The van der Waals surface area contributed by atoms with Crippen molar-refractivity contribution in [1.29, 1.82) is 0 Å². The molecule has 160 valence electrons. The summed E-state index contributed by atoms with van der Waals surface area (Å²) in [6, 6.07) is 0. The third-order valence-corrected chi connectivity index (χ3v) is 6.24. The van der Waals surface area contributed by atoms with Gasteiger partial charge < -0.3 is 25.2 Å². The van der Waals surface area contributed by atoms with Crippen molar-refractivity contribution in [2.24, 2.45) is 23.7 Å². The first kappa shape index (κ1) is 23.1. The number of hydrogen-bond donors (Lipinski definition) is 4. The lowest BCUT2D eigenvalue weighted by Gasteiger charge is -2.43. The van der Waals surface area contributed by atoms with Crippen molar-refractivity contribution < 1.29 is 30.0 Å². The van der Waals surface area contributed by atoms with Crippen LogP contribution in [0.1, 0.15) is 52.9 Å². The van der Waals surface area contributed by atoms with Gasteiger partial charge in [-0.25, -0.2) is 0 Å². The molecule has 0 aromatic carbocycles. The Balaban J connectivity index is 2.13. The Morgan fingerprint density at radius 1 is 1.32 bits per heavy atom. The monoisotopic (exact) mass is 396 g/mol. The number of allylic oxidation sites excluding steroid dienone is 2. The van der Waals surface area contributed by atoms with Gasteiger partial charge in [-0.3, -0.25) is 4.79 Å². The zero-order chi connectivity index (χ0) is 20.8. The molecule has 0 aromatic rings. The van der Waals surface area contributed by atoms with Gasteiger partial charge in [0.05, 0.1) is 30.8 Å². The van der Waals surface area contributed by atoms with Gasteiger partial charge in [0.15, 0.2) is 0 Å². The lowest BCUT2D eigenvalue weighted by Crippen LogP contribution is -2.43. The molecule has 0 aromatic heterocycles. The number of esters is 1. The Morgan fingerprint density at radius 3 is 2.68 bits per heavy atom. The van der Waals surface area contributed by atoms with E-state index < -0.39 is 18.3 Å². The van der Waals surface area contributed by atoms with Crippen LogP contribution in [0.4, 0.5) is 0 Å². The maximum Gasteiger partial charge on any atom is 0.308 e. The van der Waals surface area contributed by atoms with Crippen molar-refractivity contribution in [3.8, 4) is 0 Å². The first-order chi connectivity index (χ1) is 13.3. The lowest BCUT2D eigenvalue weighted by molar-refractivity contribution is -0.159. The standard InChI is InChI=1S/C22H36O6/c1-4-13(2)22(27)28-20-11-17(25)9-15-6-5-14(3)19(21(15)20)8-7-16(24)10-18(26)12-23/h5-6,9,13-14,16-21,23-26H,4,7-8,10-12H2,1-3H3/t13-,14-,16+,17+,18-,19-,20-,21-/m0/s1. The summed E-state index contributed by atoms with van der Waals surface area (Å²) in [5.74, 6) is -0.000706. The third kappa shape index (κ3) is 5.89. The molecule has 28 heavy (non-hydrogen) atoms. The Labute approximate surface area is 167 Å². The van der Waals surface area contributed by atoms with Crippen LogP contribution in [0.2, 0.25) is 0 Å². The highest BCUT2D eigenvalue weighted by Crippen LogP contribution is 2.44. The zero-order valence-electron chi connectivity index (χ0n) is 17.2. The van der Waals surface area contributed by atoms with Crippen molar-refractivity contribution in [3.63, 3.8) is 0 Å². The van der Waals surface area contributed by atoms with E-state index in [-0.39, 0.29) is 48.8 Å². The summed E-state index contributed by atoms with van der Waals surface area (Å²) in [5.41, 5.74) is 0.994. The largest absolute Gasteiger partial charge is 0.461 e. The molecule has 0 saturated carbocycles. The van der Waals surface area contributed by atoms with Gasteiger partial charge in [0.25, 0.3) is 0 Å². The van der Waals surface area contributed by atoms with E-state index in [9.17, 15) is 20.1 Å². The van der Waals surface area contributed by atoms with Crippen molar-refractivity contribution in [2.45, 2.75) is 77.3 Å². The summed E-state index contributed by atoms with van der Waals surface area (Å²) in [6.07, 6.45) is 5.80. The summed E-state index contributed by atoms with van der Waals surface area (Å²) < 4.78 is 5.84. The highest BCUT2D eigenvalue weighted by atomic mass is 16.5. The van der Waals surface area contributed by atoms with Crippen molar-refractivity contribution in [1.82, 2.24) is 0 Å². The lowest BCUT2D eigenvalue weighted by atomic mass is 9.66. The van der Waals surface area contributed by atoms with Gasteiger partial charge in [-0.15, -0.1) is 0 Å². The molecule has 0 saturated heterocycles. The van der Waals surface area contributed by atoms with Crippen LogP contribution in [0.15, 0.2) is 23.8 Å². The molecule has 0 aliphatic heterocycles. The maximum atomic E-state index is 12.4. The number of carbonyl (C=O) groups is 1. The van der Waals surface area contributed by atoms with Crippen molar-refractivity contribution >= 4 is 5.97 Å². The van der Waals surface area contributed by atoms with Gasteiger partial charge in [-0.2, -0.15) is 0 Å². The van der Waals surface area contributed by atoms with Crippen molar-refractivity contribution in [3.05, 3.63) is 23.8 Å². The maximum absolute atomic E-state index is 12.4. The van der Waals surface area contributed by atoms with Crippen LogP contribution in [0.25, 0.3) is 0 Å². The first-order valence-electron chi connectivity index (χ1n) is 10.5. The predicted molar refractivity (Wildman–Crippen MR) is 106 cm³/mol. The predicted octanol–water partition coefficient (Wildman–Crippen LogP) is 1.96. The molecule has 0 bridgehead atoms. The summed E-state index contributed by atoms with van der Waals surface area (Å²) in [5, 5.41) is 38.9. The Morgan fingerprint density at radius 2 is 2.04 bits per heavy atom. The van der Waals surface area contributed by atoms with Crippen LogP contribution in [-0.4, -0.2) is 57.4 Å². The van der Waals surface area contributed by atoms with Gasteiger partial charge in [0.2, 0.25) is 0 Å². The SMILES string of the molecule is CC[C@H](C)C(=O)O[C@H]1C[C@H](O)C=C2C=C[C@H](C)[C@H](CC[C@@H](O)C[C@H](O)CO)[C@H]21. The normalized spacial score (nSPS) is 32.8. The van der Waals surface area contributed by atoms with Crippen LogP contribution in [-0.2, 0) is 9.53 Å². The molecule has 0 unspecified atom stereocenters. The summed E-state index contributed by atoms with van der Waals surface area (Å²) in [4.78, 5) is 12.4. The van der Waals surface area contributed by atoms with Gasteiger partial charge >= 0.3 is 5.97 Å². The molecular formula is C22H36O6. The molecule has 6 heteroatoms. The smallest absolute Gasteiger partial charge is 0.308 e. The van der Waals surface area contributed by atoms with Crippen LogP contribution in [0, 0.1) is 23.7 Å². The highest BCUT2D eigenvalue weighted by molar-refractivity contribution is 5.72. The molecule has 0 amide bonds. The summed E-state index contributed by atoms with van der Waals surface area (Å²) in [7, 11) is 0. The average molecular weight is 397 g/mol. The Bertz CT molecular complexity index is 571. The number of carbonyl (C=O) groups excluding carboxylic acids is 1. The van der Waals surface area contributed by atoms with Crippen LogP contribution < -0.4 is 0 Å². The molecule has 0 radical (unpaired) electrons.